The highest BCUT2D eigenvalue weighted by atomic mass is 35.5. The number of alkyl halides is 3. The predicted octanol–water partition coefficient (Wildman–Crippen LogP) is 6.18. The summed E-state index contributed by atoms with van der Waals surface area (Å²) in [6.45, 7) is 5.14. The van der Waals surface area contributed by atoms with Gasteiger partial charge in [0.15, 0.2) is 5.83 Å². The minimum absolute atomic E-state index is 0.0316. The molecule has 0 spiro atoms. The number of carbonyl (C=O) groups excluding carboxylic acids is 1. The van der Waals surface area contributed by atoms with E-state index in [2.05, 4.69) is 17.5 Å². The number of rotatable bonds is 7. The number of likely N-dealkylation sites (tertiary alicyclic amines) is 1. The van der Waals surface area contributed by atoms with Crippen LogP contribution in [0.4, 0.5) is 23.4 Å². The zero-order valence-electron chi connectivity index (χ0n) is 25.7. The molecule has 9 nitrogen and oxygen atoms in total. The Kier molecular flexibility index (Phi) is 9.18. The zero-order chi connectivity index (χ0) is 33.5. The van der Waals surface area contributed by atoms with Crippen LogP contribution in [0.15, 0.2) is 36.7 Å². The lowest BCUT2D eigenvalue weighted by molar-refractivity contribution is -0.137. The number of hydrogen-bond acceptors (Lipinski definition) is 8. The van der Waals surface area contributed by atoms with Gasteiger partial charge in [-0.3, -0.25) is 4.79 Å². The fourth-order valence-corrected chi connectivity index (χ4v) is 7.06. The number of piperazine rings is 1. The molecule has 14 heteroatoms. The first kappa shape index (κ1) is 32.8. The van der Waals surface area contributed by atoms with Gasteiger partial charge in [0.05, 0.1) is 46.6 Å². The number of hydrogen-bond donors (Lipinski definition) is 0. The lowest BCUT2D eigenvalue weighted by Gasteiger charge is -2.41. The number of nitriles is 1. The summed E-state index contributed by atoms with van der Waals surface area (Å²) < 4.78 is 69.4. The minimum Gasteiger partial charge on any atom is -0.492 e. The maximum Gasteiger partial charge on any atom is 0.418 e. The van der Waals surface area contributed by atoms with Crippen LogP contribution in [0.5, 0.6) is 11.8 Å². The van der Waals surface area contributed by atoms with Gasteiger partial charge in [0.2, 0.25) is 0 Å². The Morgan fingerprint density at radius 3 is 2.70 bits per heavy atom. The van der Waals surface area contributed by atoms with Crippen LogP contribution in [-0.2, 0) is 17.4 Å². The van der Waals surface area contributed by atoms with Crippen molar-refractivity contribution in [3.63, 3.8) is 0 Å². The largest absolute Gasteiger partial charge is 0.492 e. The molecule has 3 aliphatic heterocycles. The molecule has 0 radical (unpaired) electrons. The lowest BCUT2D eigenvalue weighted by Crippen LogP contribution is -2.55. The van der Waals surface area contributed by atoms with Gasteiger partial charge >= 0.3 is 12.2 Å². The van der Waals surface area contributed by atoms with Crippen molar-refractivity contribution >= 4 is 34.2 Å². The molecule has 0 bridgehead atoms. The lowest BCUT2D eigenvalue weighted by atomic mass is 9.89. The highest BCUT2D eigenvalue weighted by Crippen LogP contribution is 2.48. The van der Waals surface area contributed by atoms with Crippen molar-refractivity contribution in [2.45, 2.75) is 50.4 Å². The third kappa shape index (κ3) is 6.41. The Labute approximate surface area is 274 Å². The molecule has 3 aliphatic rings. The van der Waals surface area contributed by atoms with Gasteiger partial charge in [-0.1, -0.05) is 30.3 Å². The summed E-state index contributed by atoms with van der Waals surface area (Å²) in [5.41, 5.74) is 0.141. The van der Waals surface area contributed by atoms with Crippen molar-refractivity contribution in [2.75, 3.05) is 51.3 Å². The highest BCUT2D eigenvalue weighted by Gasteiger charge is 2.38. The zero-order valence-corrected chi connectivity index (χ0v) is 26.5. The first-order valence-corrected chi connectivity index (χ1v) is 15.8. The molecule has 47 heavy (non-hydrogen) atoms. The SMILES string of the molecule is C=C(F)C(=O)N1CCN(c2nc(OC[C@@H]3CCCN3C)nc3cc(-c4cccc(Cl)c4C(F)(F)F)c4c(c23)OCCC4)C[C@@H]1CC#N. The number of nitrogens with zero attached hydrogens (tertiary/aromatic N) is 6. The normalized spacial score (nSPS) is 20.1. The van der Waals surface area contributed by atoms with E-state index < -0.39 is 34.5 Å². The van der Waals surface area contributed by atoms with Crippen molar-refractivity contribution in [2.24, 2.45) is 0 Å². The van der Waals surface area contributed by atoms with Crippen LogP contribution in [0, 0.1) is 11.3 Å². The van der Waals surface area contributed by atoms with E-state index in [1.165, 1.54) is 23.1 Å². The summed E-state index contributed by atoms with van der Waals surface area (Å²) in [5, 5.41) is 9.60. The summed E-state index contributed by atoms with van der Waals surface area (Å²) in [6, 6.07) is 7.26. The number of likely N-dealkylation sites (N-methyl/N-ethyl adjacent to an activating group) is 1. The van der Waals surface area contributed by atoms with Crippen LogP contribution in [0.1, 0.15) is 36.8 Å². The summed E-state index contributed by atoms with van der Waals surface area (Å²) >= 11 is 6.14. The molecule has 1 aromatic heterocycles. The first-order valence-electron chi connectivity index (χ1n) is 15.4. The van der Waals surface area contributed by atoms with E-state index in [0.29, 0.717) is 59.7 Å². The molecular weight excluding hydrogens is 640 g/mol. The molecule has 0 unspecified atom stereocenters. The maximum absolute atomic E-state index is 14.4. The van der Waals surface area contributed by atoms with Crippen molar-refractivity contribution in [1.29, 1.82) is 5.26 Å². The Morgan fingerprint density at radius 1 is 1.19 bits per heavy atom. The molecule has 248 valence electrons. The molecule has 1 amide bonds. The molecule has 4 heterocycles. The smallest absolute Gasteiger partial charge is 0.418 e. The van der Waals surface area contributed by atoms with Gasteiger partial charge in [0.1, 0.15) is 18.2 Å². The van der Waals surface area contributed by atoms with Crippen molar-refractivity contribution in [3.05, 3.63) is 52.8 Å². The molecule has 0 saturated carbocycles. The van der Waals surface area contributed by atoms with Gasteiger partial charge < -0.3 is 24.2 Å². The number of fused-ring (bicyclic) bond motifs is 3. The predicted molar refractivity (Wildman–Crippen MR) is 168 cm³/mol. The van der Waals surface area contributed by atoms with Crippen molar-refractivity contribution in [3.8, 4) is 29.0 Å². The second-order valence-electron chi connectivity index (χ2n) is 12.0. The Morgan fingerprint density at radius 2 is 2.00 bits per heavy atom. The standard InChI is InChI=1S/C33H33ClF4N6O3/c1-19(35)31(45)44-14-13-43(17-20(44)10-11-39)30-27-26(40-32(41-30)47-18-21-6-4-12-42(21)2)16-24(23-8-5-15-46-29(23)27)22-7-3-9-25(34)28(22)33(36,37)38/h3,7,9,16,20-21H,1,4-6,8,10,12-15,17-18H2,2H3/t20-,21-/m0/s1. The average molecular weight is 673 g/mol. The van der Waals surface area contributed by atoms with E-state index in [-0.39, 0.29) is 43.7 Å². The number of halogens is 5. The summed E-state index contributed by atoms with van der Waals surface area (Å²) in [6.07, 6.45) is -1.81. The van der Waals surface area contributed by atoms with Crippen molar-refractivity contribution in [1.82, 2.24) is 19.8 Å². The molecular formula is C33H33ClF4N6O3. The van der Waals surface area contributed by atoms with Gasteiger partial charge in [-0.25, -0.2) is 4.39 Å². The van der Waals surface area contributed by atoms with Crippen LogP contribution in [0.3, 0.4) is 0 Å². The number of carbonyl (C=O) groups is 1. The number of ether oxygens (including phenoxy) is 2. The molecule has 2 saturated heterocycles. The fourth-order valence-electron chi connectivity index (χ4n) is 6.78. The van der Waals surface area contributed by atoms with E-state index in [0.717, 1.165) is 19.4 Å². The van der Waals surface area contributed by atoms with E-state index in [1.54, 1.807) is 6.07 Å². The topological polar surface area (TPSA) is 94.8 Å². The summed E-state index contributed by atoms with van der Waals surface area (Å²) in [7, 11) is 2.01. The van der Waals surface area contributed by atoms with E-state index in [1.807, 2.05) is 11.9 Å². The minimum atomic E-state index is -4.72. The number of anilines is 1. The van der Waals surface area contributed by atoms with Gasteiger partial charge in [0.25, 0.3) is 5.91 Å². The Bertz CT molecular complexity index is 1760. The van der Waals surface area contributed by atoms with E-state index >= 15 is 0 Å². The number of aromatic nitrogens is 2. The van der Waals surface area contributed by atoms with Crippen LogP contribution >= 0.6 is 11.6 Å². The van der Waals surface area contributed by atoms with Gasteiger partial charge in [-0.2, -0.15) is 28.4 Å². The van der Waals surface area contributed by atoms with Crippen LogP contribution in [0.25, 0.3) is 22.0 Å². The second kappa shape index (κ2) is 13.2. The molecule has 0 aliphatic carbocycles. The molecule has 0 N–H and O–H groups in total. The quantitative estimate of drug-likeness (QED) is 0.217. The van der Waals surface area contributed by atoms with Crippen LogP contribution in [-0.4, -0.2) is 84.2 Å². The van der Waals surface area contributed by atoms with Gasteiger partial charge in [-0.05, 0) is 62.5 Å². The van der Waals surface area contributed by atoms with Gasteiger partial charge in [0, 0.05) is 31.2 Å². The first-order chi connectivity index (χ1) is 22.5. The maximum atomic E-state index is 14.4. The van der Waals surface area contributed by atoms with Crippen LogP contribution in [0.2, 0.25) is 5.02 Å². The Hall–Kier alpha value is -4.15. The molecule has 6 rings (SSSR count). The molecule has 2 fully saturated rings. The Balaban J connectivity index is 1.52. The molecule has 3 aromatic rings. The highest BCUT2D eigenvalue weighted by molar-refractivity contribution is 6.32. The van der Waals surface area contributed by atoms with Crippen molar-refractivity contribution < 1.29 is 31.8 Å². The average Bonchev–Trinajstić information content (AvgIpc) is 3.46. The summed E-state index contributed by atoms with van der Waals surface area (Å²) in [4.78, 5) is 27.4. The second-order valence-corrected chi connectivity index (χ2v) is 12.4. The monoisotopic (exact) mass is 672 g/mol. The molecule has 2 atom stereocenters. The van der Waals surface area contributed by atoms with E-state index in [4.69, 9.17) is 31.0 Å². The van der Waals surface area contributed by atoms with Gasteiger partial charge in [-0.15, -0.1) is 0 Å². The van der Waals surface area contributed by atoms with E-state index in [9.17, 15) is 27.6 Å². The molecule has 2 aromatic carbocycles. The third-order valence-corrected chi connectivity index (χ3v) is 9.40. The third-order valence-electron chi connectivity index (χ3n) is 9.09. The number of amides is 1. The number of benzene rings is 2. The fraction of sp³-hybridized carbons (Fsp3) is 0.455. The van der Waals surface area contributed by atoms with Crippen LogP contribution < -0.4 is 14.4 Å². The summed E-state index contributed by atoms with van der Waals surface area (Å²) in [5.74, 6) is -1.24.